The summed E-state index contributed by atoms with van der Waals surface area (Å²) in [5.74, 6) is -3.55. The molecule has 3 N–H and O–H groups in total. The fourth-order valence-electron chi connectivity index (χ4n) is 2.51. The van der Waals surface area contributed by atoms with Gasteiger partial charge >= 0.3 is 11.9 Å². The summed E-state index contributed by atoms with van der Waals surface area (Å²) in [6.45, 7) is 3.76. The van der Waals surface area contributed by atoms with Crippen LogP contribution in [0.15, 0.2) is 34.0 Å². The van der Waals surface area contributed by atoms with Crippen molar-refractivity contribution in [1.29, 1.82) is 0 Å². The van der Waals surface area contributed by atoms with Crippen molar-refractivity contribution in [2.24, 2.45) is 11.8 Å². The average molecular weight is 306 g/mol. The highest BCUT2D eigenvalue weighted by Gasteiger charge is 2.37. The van der Waals surface area contributed by atoms with Crippen LogP contribution in [0.3, 0.4) is 0 Å². The topological polar surface area (TPSA) is 109 Å². The fraction of sp³-hybridized carbons (Fsp3) is 0.400. The predicted molar refractivity (Wildman–Crippen MR) is 76.5 cm³/mol. The van der Waals surface area contributed by atoms with Gasteiger partial charge in [0, 0.05) is 0 Å². The lowest BCUT2D eigenvalue weighted by Crippen LogP contribution is -2.48. The second kappa shape index (κ2) is 6.46. The highest BCUT2D eigenvalue weighted by atomic mass is 16.4. The SMILES string of the molecule is CC1=C(C)C[C@@H](C(=O)NNC(=O)c2ccco2)[C@H](C(=O)O)C1. The summed E-state index contributed by atoms with van der Waals surface area (Å²) >= 11 is 0. The third kappa shape index (κ3) is 3.36. The van der Waals surface area contributed by atoms with E-state index in [1.807, 2.05) is 13.8 Å². The number of hydrogen-bond acceptors (Lipinski definition) is 4. The molecule has 0 saturated heterocycles. The number of aliphatic carboxylic acids is 1. The van der Waals surface area contributed by atoms with Crippen molar-refractivity contribution in [2.45, 2.75) is 26.7 Å². The number of nitrogens with one attached hydrogen (secondary N) is 2. The number of carbonyl (C=O) groups excluding carboxylic acids is 2. The van der Waals surface area contributed by atoms with E-state index in [4.69, 9.17) is 4.42 Å². The first-order valence-corrected chi connectivity index (χ1v) is 6.92. The lowest BCUT2D eigenvalue weighted by Gasteiger charge is -2.29. The van der Waals surface area contributed by atoms with Crippen LogP contribution in [-0.2, 0) is 9.59 Å². The average Bonchev–Trinajstić information content (AvgIpc) is 3.00. The van der Waals surface area contributed by atoms with Gasteiger partial charge in [0.25, 0.3) is 0 Å². The number of allylic oxidation sites excluding steroid dienone is 2. The predicted octanol–water partition coefficient (Wildman–Crippen LogP) is 1.49. The molecule has 0 spiro atoms. The van der Waals surface area contributed by atoms with E-state index < -0.39 is 29.6 Å². The van der Waals surface area contributed by atoms with Gasteiger partial charge in [0.1, 0.15) is 0 Å². The summed E-state index contributed by atoms with van der Waals surface area (Å²) in [5, 5.41) is 9.28. The van der Waals surface area contributed by atoms with Crippen molar-refractivity contribution in [3.8, 4) is 0 Å². The number of carboxylic acids is 1. The maximum absolute atomic E-state index is 12.2. The van der Waals surface area contributed by atoms with Gasteiger partial charge in [0.15, 0.2) is 5.76 Å². The molecule has 7 nitrogen and oxygen atoms in total. The second-order valence-corrected chi connectivity index (χ2v) is 5.44. The van der Waals surface area contributed by atoms with Gasteiger partial charge in [-0.1, -0.05) is 11.1 Å². The number of furan rings is 1. The Morgan fingerprint density at radius 2 is 1.77 bits per heavy atom. The van der Waals surface area contributed by atoms with Crippen molar-refractivity contribution >= 4 is 17.8 Å². The van der Waals surface area contributed by atoms with Crippen molar-refractivity contribution in [3.05, 3.63) is 35.3 Å². The molecule has 1 heterocycles. The number of carboxylic acid groups (broad SMARTS) is 1. The standard InChI is InChI=1S/C15H18N2O5/c1-8-6-10(11(15(20)21)7-9(8)2)13(18)16-17-14(19)12-4-3-5-22-12/h3-5,10-11H,6-7H2,1-2H3,(H,16,18)(H,17,19)(H,20,21)/t10-,11-/m1/s1. The Labute approximate surface area is 127 Å². The summed E-state index contributed by atoms with van der Waals surface area (Å²) in [6, 6.07) is 3.01. The molecular formula is C15H18N2O5. The number of rotatable bonds is 3. The van der Waals surface area contributed by atoms with Crippen molar-refractivity contribution in [3.63, 3.8) is 0 Å². The largest absolute Gasteiger partial charge is 0.481 e. The third-order valence-corrected chi connectivity index (χ3v) is 3.96. The van der Waals surface area contributed by atoms with E-state index in [0.29, 0.717) is 12.8 Å². The molecule has 0 aromatic carbocycles. The van der Waals surface area contributed by atoms with Crippen LogP contribution in [0.1, 0.15) is 37.2 Å². The molecule has 0 bridgehead atoms. The number of hydrogen-bond donors (Lipinski definition) is 3. The fourth-order valence-corrected chi connectivity index (χ4v) is 2.51. The first kappa shape index (κ1) is 15.8. The molecule has 118 valence electrons. The van der Waals surface area contributed by atoms with E-state index >= 15 is 0 Å². The summed E-state index contributed by atoms with van der Waals surface area (Å²) in [7, 11) is 0. The van der Waals surface area contributed by atoms with Crippen molar-refractivity contribution < 1.29 is 23.9 Å². The van der Waals surface area contributed by atoms with Crippen LogP contribution < -0.4 is 10.9 Å². The molecule has 0 unspecified atom stereocenters. The van der Waals surface area contributed by atoms with Crippen LogP contribution >= 0.6 is 0 Å². The third-order valence-electron chi connectivity index (χ3n) is 3.96. The van der Waals surface area contributed by atoms with Crippen LogP contribution in [0.2, 0.25) is 0 Å². The molecular weight excluding hydrogens is 288 g/mol. The minimum absolute atomic E-state index is 0.0608. The van der Waals surface area contributed by atoms with E-state index in [1.54, 1.807) is 6.07 Å². The van der Waals surface area contributed by atoms with Gasteiger partial charge in [-0.2, -0.15) is 0 Å². The van der Waals surface area contributed by atoms with E-state index in [0.717, 1.165) is 11.1 Å². The normalized spacial score (nSPS) is 21.4. The highest BCUT2D eigenvalue weighted by Crippen LogP contribution is 2.34. The second-order valence-electron chi connectivity index (χ2n) is 5.44. The smallest absolute Gasteiger partial charge is 0.307 e. The Balaban J connectivity index is 2.01. The molecule has 1 aliphatic rings. The van der Waals surface area contributed by atoms with Gasteiger partial charge in [-0.3, -0.25) is 25.2 Å². The zero-order chi connectivity index (χ0) is 16.3. The molecule has 0 saturated carbocycles. The maximum atomic E-state index is 12.2. The van der Waals surface area contributed by atoms with Crippen molar-refractivity contribution in [1.82, 2.24) is 10.9 Å². The van der Waals surface area contributed by atoms with Gasteiger partial charge in [0.05, 0.1) is 18.1 Å². The summed E-state index contributed by atoms with van der Waals surface area (Å²) in [4.78, 5) is 35.2. The molecule has 22 heavy (non-hydrogen) atoms. The van der Waals surface area contributed by atoms with E-state index in [2.05, 4.69) is 10.9 Å². The molecule has 2 rings (SSSR count). The molecule has 0 aliphatic heterocycles. The Bertz CT molecular complexity index is 618. The van der Waals surface area contributed by atoms with Crippen LogP contribution in [0.25, 0.3) is 0 Å². The molecule has 2 atom stereocenters. The van der Waals surface area contributed by atoms with Gasteiger partial charge in [-0.15, -0.1) is 0 Å². The number of hydrazine groups is 1. The molecule has 1 aromatic heterocycles. The highest BCUT2D eigenvalue weighted by molar-refractivity contribution is 5.93. The zero-order valence-corrected chi connectivity index (χ0v) is 12.4. The minimum Gasteiger partial charge on any atom is -0.481 e. The Morgan fingerprint density at radius 3 is 2.32 bits per heavy atom. The molecule has 1 aromatic rings. The van der Waals surface area contributed by atoms with Gasteiger partial charge in [0.2, 0.25) is 5.91 Å². The quantitative estimate of drug-likeness (QED) is 0.579. The number of amides is 2. The number of carbonyl (C=O) groups is 3. The van der Waals surface area contributed by atoms with E-state index in [9.17, 15) is 19.5 Å². The monoisotopic (exact) mass is 306 g/mol. The maximum Gasteiger partial charge on any atom is 0.307 e. The Kier molecular flexibility index (Phi) is 4.65. The molecule has 7 heteroatoms. The van der Waals surface area contributed by atoms with Gasteiger partial charge in [-0.25, -0.2) is 0 Å². The lowest BCUT2D eigenvalue weighted by atomic mass is 9.76. The molecule has 2 amide bonds. The minimum atomic E-state index is -1.01. The van der Waals surface area contributed by atoms with Gasteiger partial charge in [-0.05, 0) is 38.8 Å². The van der Waals surface area contributed by atoms with E-state index in [-0.39, 0.29) is 5.76 Å². The van der Waals surface area contributed by atoms with Crippen LogP contribution in [-0.4, -0.2) is 22.9 Å². The van der Waals surface area contributed by atoms with Crippen LogP contribution in [0.5, 0.6) is 0 Å². The molecule has 1 aliphatic carbocycles. The summed E-state index contributed by atoms with van der Waals surface area (Å²) < 4.78 is 4.90. The Hall–Kier alpha value is -2.57. The van der Waals surface area contributed by atoms with Crippen LogP contribution in [0.4, 0.5) is 0 Å². The summed E-state index contributed by atoms with van der Waals surface area (Å²) in [5.41, 5.74) is 6.51. The lowest BCUT2D eigenvalue weighted by molar-refractivity contribution is -0.147. The Morgan fingerprint density at radius 1 is 1.14 bits per heavy atom. The first-order valence-electron chi connectivity index (χ1n) is 6.92. The zero-order valence-electron chi connectivity index (χ0n) is 12.4. The van der Waals surface area contributed by atoms with E-state index in [1.165, 1.54) is 12.3 Å². The van der Waals surface area contributed by atoms with Crippen molar-refractivity contribution in [2.75, 3.05) is 0 Å². The summed E-state index contributed by atoms with van der Waals surface area (Å²) in [6.07, 6.45) is 2.05. The molecule has 0 fully saturated rings. The van der Waals surface area contributed by atoms with Gasteiger partial charge < -0.3 is 9.52 Å². The first-order chi connectivity index (χ1) is 10.4. The van der Waals surface area contributed by atoms with Crippen LogP contribution in [0, 0.1) is 11.8 Å². The molecule has 0 radical (unpaired) electrons.